The Morgan fingerprint density at radius 2 is 1.56 bits per heavy atom. The SMILES string of the molecule is CCCC(C)C(C)(C)C1(C)NCCCCCCN1. The molecule has 0 aliphatic carbocycles. The van der Waals surface area contributed by atoms with E-state index in [1.54, 1.807) is 0 Å². The molecule has 0 aromatic carbocycles. The fourth-order valence-corrected chi connectivity index (χ4v) is 3.09. The van der Waals surface area contributed by atoms with E-state index < -0.39 is 0 Å². The van der Waals surface area contributed by atoms with Crippen molar-refractivity contribution in [1.29, 1.82) is 0 Å². The van der Waals surface area contributed by atoms with Crippen LogP contribution in [0.25, 0.3) is 0 Å². The van der Waals surface area contributed by atoms with Gasteiger partial charge in [0.15, 0.2) is 0 Å². The van der Waals surface area contributed by atoms with E-state index in [9.17, 15) is 0 Å². The summed E-state index contributed by atoms with van der Waals surface area (Å²) in [6.07, 6.45) is 7.96. The van der Waals surface area contributed by atoms with Crippen LogP contribution in [0, 0.1) is 11.3 Å². The molecule has 0 saturated carbocycles. The molecular weight excluding hydrogens is 220 g/mol. The first-order chi connectivity index (χ1) is 8.44. The fraction of sp³-hybridized carbons (Fsp3) is 1.00. The molecule has 1 heterocycles. The Morgan fingerprint density at radius 3 is 2.00 bits per heavy atom. The fourth-order valence-electron chi connectivity index (χ4n) is 3.09. The van der Waals surface area contributed by atoms with E-state index in [4.69, 9.17) is 0 Å². The van der Waals surface area contributed by atoms with Gasteiger partial charge >= 0.3 is 0 Å². The topological polar surface area (TPSA) is 24.1 Å². The molecule has 1 rings (SSSR count). The lowest BCUT2D eigenvalue weighted by Crippen LogP contribution is -2.65. The number of nitrogens with one attached hydrogen (secondary N) is 2. The molecule has 108 valence electrons. The Bertz CT molecular complexity index is 225. The monoisotopic (exact) mass is 254 g/mol. The Morgan fingerprint density at radius 1 is 1.06 bits per heavy atom. The van der Waals surface area contributed by atoms with Gasteiger partial charge in [-0.1, -0.05) is 53.4 Å². The highest BCUT2D eigenvalue weighted by Gasteiger charge is 2.43. The highest BCUT2D eigenvalue weighted by atomic mass is 15.2. The summed E-state index contributed by atoms with van der Waals surface area (Å²) in [6.45, 7) is 14.2. The van der Waals surface area contributed by atoms with Crippen LogP contribution < -0.4 is 10.6 Å². The van der Waals surface area contributed by atoms with Crippen LogP contribution in [0.2, 0.25) is 0 Å². The average Bonchev–Trinajstić information content (AvgIpc) is 2.42. The highest BCUT2D eigenvalue weighted by molar-refractivity contribution is 4.97. The smallest absolute Gasteiger partial charge is 0.0713 e. The van der Waals surface area contributed by atoms with Crippen molar-refractivity contribution < 1.29 is 0 Å². The van der Waals surface area contributed by atoms with E-state index in [1.165, 1.54) is 38.5 Å². The standard InChI is InChI=1S/C16H34N2/c1-6-11-14(2)15(3,4)16(5)17-12-9-7-8-10-13-18-16/h14,17-18H,6-13H2,1-5H3. The maximum absolute atomic E-state index is 3.81. The van der Waals surface area contributed by atoms with Gasteiger partial charge in [-0.25, -0.2) is 0 Å². The van der Waals surface area contributed by atoms with E-state index in [0.29, 0.717) is 0 Å². The second-order valence-electron chi connectivity index (χ2n) is 6.80. The van der Waals surface area contributed by atoms with E-state index >= 15 is 0 Å². The number of rotatable bonds is 4. The first-order valence-corrected chi connectivity index (χ1v) is 7.94. The van der Waals surface area contributed by atoms with E-state index in [1.807, 2.05) is 0 Å². The number of hydrogen-bond acceptors (Lipinski definition) is 2. The van der Waals surface area contributed by atoms with Gasteiger partial charge in [0.2, 0.25) is 0 Å². The Labute approximate surface area is 114 Å². The quantitative estimate of drug-likeness (QED) is 0.794. The van der Waals surface area contributed by atoms with Gasteiger partial charge < -0.3 is 0 Å². The van der Waals surface area contributed by atoms with Crippen molar-refractivity contribution in [3.8, 4) is 0 Å². The minimum Gasteiger partial charge on any atom is -0.299 e. The van der Waals surface area contributed by atoms with Crippen molar-refractivity contribution in [1.82, 2.24) is 10.6 Å². The zero-order valence-electron chi connectivity index (χ0n) is 13.2. The van der Waals surface area contributed by atoms with Crippen LogP contribution in [-0.4, -0.2) is 18.8 Å². The van der Waals surface area contributed by atoms with Crippen molar-refractivity contribution in [3.05, 3.63) is 0 Å². The molecule has 0 radical (unpaired) electrons. The lowest BCUT2D eigenvalue weighted by Gasteiger charge is -2.49. The van der Waals surface area contributed by atoms with Gasteiger partial charge in [-0.05, 0) is 44.2 Å². The Balaban J connectivity index is 2.77. The summed E-state index contributed by atoms with van der Waals surface area (Å²) in [6, 6.07) is 0. The van der Waals surface area contributed by atoms with Crippen LogP contribution in [0.5, 0.6) is 0 Å². The molecule has 1 aliphatic heterocycles. The molecule has 0 bridgehead atoms. The van der Waals surface area contributed by atoms with Gasteiger partial charge in [0.25, 0.3) is 0 Å². The largest absolute Gasteiger partial charge is 0.299 e. The summed E-state index contributed by atoms with van der Waals surface area (Å²) in [5.74, 6) is 0.730. The minimum absolute atomic E-state index is 0.0614. The van der Waals surface area contributed by atoms with E-state index in [0.717, 1.165) is 19.0 Å². The normalized spacial score (nSPS) is 23.8. The molecule has 0 aromatic rings. The zero-order valence-corrected chi connectivity index (χ0v) is 13.2. The molecule has 1 atom stereocenters. The van der Waals surface area contributed by atoms with E-state index in [-0.39, 0.29) is 11.1 Å². The maximum atomic E-state index is 3.81. The summed E-state index contributed by atoms with van der Waals surface area (Å²) in [5, 5.41) is 7.61. The maximum Gasteiger partial charge on any atom is 0.0713 e. The van der Waals surface area contributed by atoms with Crippen molar-refractivity contribution in [2.75, 3.05) is 13.1 Å². The predicted octanol–water partition coefficient (Wildman–Crippen LogP) is 3.92. The molecule has 1 fully saturated rings. The Kier molecular flexibility index (Phi) is 6.13. The molecule has 1 saturated heterocycles. The lowest BCUT2D eigenvalue weighted by molar-refractivity contribution is 0.0408. The number of hydrogen-bond donors (Lipinski definition) is 2. The van der Waals surface area contributed by atoms with Gasteiger partial charge in [0.05, 0.1) is 5.66 Å². The van der Waals surface area contributed by atoms with Crippen LogP contribution in [0.3, 0.4) is 0 Å². The van der Waals surface area contributed by atoms with Crippen LogP contribution in [0.4, 0.5) is 0 Å². The molecule has 1 aliphatic rings. The van der Waals surface area contributed by atoms with Crippen LogP contribution in [-0.2, 0) is 0 Å². The third-order valence-electron chi connectivity index (χ3n) is 5.30. The highest BCUT2D eigenvalue weighted by Crippen LogP contribution is 2.39. The molecule has 2 nitrogen and oxygen atoms in total. The first kappa shape index (κ1) is 16.0. The summed E-state index contributed by atoms with van der Waals surface area (Å²) in [7, 11) is 0. The Hall–Kier alpha value is -0.0800. The van der Waals surface area contributed by atoms with Crippen LogP contribution in [0.15, 0.2) is 0 Å². The van der Waals surface area contributed by atoms with Crippen molar-refractivity contribution in [2.24, 2.45) is 11.3 Å². The lowest BCUT2D eigenvalue weighted by atomic mass is 9.68. The van der Waals surface area contributed by atoms with Gasteiger partial charge in [-0.15, -0.1) is 0 Å². The molecule has 0 amide bonds. The van der Waals surface area contributed by atoms with Gasteiger partial charge in [0, 0.05) is 0 Å². The van der Waals surface area contributed by atoms with Gasteiger partial charge in [0.1, 0.15) is 0 Å². The molecule has 0 spiro atoms. The van der Waals surface area contributed by atoms with Crippen molar-refractivity contribution in [3.63, 3.8) is 0 Å². The molecule has 2 heteroatoms. The minimum atomic E-state index is 0.0614. The predicted molar refractivity (Wildman–Crippen MR) is 80.7 cm³/mol. The first-order valence-electron chi connectivity index (χ1n) is 7.94. The summed E-state index contributed by atoms with van der Waals surface area (Å²) >= 11 is 0. The zero-order chi connectivity index (χ0) is 13.6. The second-order valence-corrected chi connectivity index (χ2v) is 6.80. The summed E-state index contributed by atoms with van der Waals surface area (Å²) in [5.41, 5.74) is 0.333. The molecular formula is C16H34N2. The molecule has 0 aromatic heterocycles. The second kappa shape index (κ2) is 6.91. The van der Waals surface area contributed by atoms with Crippen LogP contribution >= 0.6 is 0 Å². The average molecular weight is 254 g/mol. The molecule has 1 unspecified atom stereocenters. The van der Waals surface area contributed by atoms with E-state index in [2.05, 4.69) is 45.3 Å². The van der Waals surface area contributed by atoms with Crippen molar-refractivity contribution >= 4 is 0 Å². The van der Waals surface area contributed by atoms with Crippen molar-refractivity contribution in [2.45, 2.75) is 78.8 Å². The third kappa shape index (κ3) is 3.71. The third-order valence-corrected chi connectivity index (χ3v) is 5.30. The molecule has 2 N–H and O–H groups in total. The van der Waals surface area contributed by atoms with Gasteiger partial charge in [-0.3, -0.25) is 10.6 Å². The van der Waals surface area contributed by atoms with Crippen LogP contribution in [0.1, 0.15) is 73.1 Å². The molecule has 18 heavy (non-hydrogen) atoms. The van der Waals surface area contributed by atoms with Gasteiger partial charge in [-0.2, -0.15) is 0 Å². The summed E-state index contributed by atoms with van der Waals surface area (Å²) < 4.78 is 0. The summed E-state index contributed by atoms with van der Waals surface area (Å²) in [4.78, 5) is 0.